The molecule has 0 bridgehead atoms. The lowest BCUT2D eigenvalue weighted by atomic mass is 9.90. The number of carbonyl (C=O) groups is 1. The number of hydrogen-bond donors (Lipinski definition) is 2. The van der Waals surface area contributed by atoms with E-state index in [0.717, 1.165) is 44.9 Å². The number of carboxylic acids is 1. The maximum absolute atomic E-state index is 10.7. The number of piperidine rings is 1. The molecule has 1 aliphatic heterocycles. The van der Waals surface area contributed by atoms with Gasteiger partial charge in [-0.2, -0.15) is 0 Å². The smallest absolute Gasteiger partial charge is 0.303 e. The fourth-order valence-corrected chi connectivity index (χ4v) is 3.14. The van der Waals surface area contributed by atoms with Crippen molar-refractivity contribution in [3.8, 4) is 0 Å². The van der Waals surface area contributed by atoms with Gasteiger partial charge in [0.15, 0.2) is 0 Å². The van der Waals surface area contributed by atoms with Gasteiger partial charge < -0.3 is 15.3 Å². The second-order valence-corrected chi connectivity index (χ2v) is 6.34. The standard InChI is InChI=1S/C15H28N2O2/c1-2-7-17-10-13(5-6-15(18)19)8-14(11-17)16-9-12-3-4-12/h12-14,16H,2-11H2,1H3,(H,18,19). The van der Waals surface area contributed by atoms with Gasteiger partial charge in [-0.25, -0.2) is 0 Å². The van der Waals surface area contributed by atoms with Crippen LogP contribution in [0, 0.1) is 11.8 Å². The third-order valence-corrected chi connectivity index (χ3v) is 4.31. The van der Waals surface area contributed by atoms with Crippen molar-refractivity contribution in [3.05, 3.63) is 0 Å². The molecule has 2 aliphatic rings. The highest BCUT2D eigenvalue weighted by Crippen LogP contribution is 2.28. The average Bonchev–Trinajstić information content (AvgIpc) is 3.18. The molecule has 2 unspecified atom stereocenters. The first-order chi connectivity index (χ1) is 9.17. The van der Waals surface area contributed by atoms with Crippen LogP contribution >= 0.6 is 0 Å². The van der Waals surface area contributed by atoms with E-state index >= 15 is 0 Å². The van der Waals surface area contributed by atoms with Crippen LogP contribution in [0.15, 0.2) is 0 Å². The number of likely N-dealkylation sites (tertiary alicyclic amines) is 1. The number of hydrogen-bond acceptors (Lipinski definition) is 3. The Kier molecular flexibility index (Phi) is 5.64. The molecule has 0 aromatic rings. The Balaban J connectivity index is 1.78. The lowest BCUT2D eigenvalue weighted by Crippen LogP contribution is -2.49. The molecule has 0 amide bonds. The fourth-order valence-electron chi connectivity index (χ4n) is 3.14. The third-order valence-electron chi connectivity index (χ3n) is 4.31. The van der Waals surface area contributed by atoms with Crippen LogP contribution < -0.4 is 5.32 Å². The van der Waals surface area contributed by atoms with Crippen molar-refractivity contribution in [3.63, 3.8) is 0 Å². The summed E-state index contributed by atoms with van der Waals surface area (Å²) in [6, 6.07) is 0.569. The minimum atomic E-state index is -0.657. The molecule has 1 aliphatic carbocycles. The second-order valence-electron chi connectivity index (χ2n) is 6.34. The van der Waals surface area contributed by atoms with Crippen LogP contribution in [0.5, 0.6) is 0 Å². The van der Waals surface area contributed by atoms with Crippen LogP contribution in [0.2, 0.25) is 0 Å². The van der Waals surface area contributed by atoms with E-state index in [2.05, 4.69) is 17.1 Å². The summed E-state index contributed by atoms with van der Waals surface area (Å²) in [7, 11) is 0. The number of rotatable bonds is 8. The Morgan fingerprint density at radius 2 is 2.11 bits per heavy atom. The van der Waals surface area contributed by atoms with E-state index in [1.807, 2.05) is 0 Å². The zero-order chi connectivity index (χ0) is 13.7. The van der Waals surface area contributed by atoms with E-state index in [4.69, 9.17) is 5.11 Å². The van der Waals surface area contributed by atoms with Crippen LogP contribution in [0.1, 0.15) is 45.4 Å². The van der Waals surface area contributed by atoms with Crippen molar-refractivity contribution < 1.29 is 9.90 Å². The summed E-state index contributed by atoms with van der Waals surface area (Å²) >= 11 is 0. The zero-order valence-electron chi connectivity index (χ0n) is 12.1. The van der Waals surface area contributed by atoms with Crippen LogP contribution in [0.4, 0.5) is 0 Å². The van der Waals surface area contributed by atoms with Gasteiger partial charge in [-0.1, -0.05) is 6.92 Å². The van der Waals surface area contributed by atoms with Crippen molar-refractivity contribution in [2.75, 3.05) is 26.2 Å². The predicted octanol–water partition coefficient (Wildman–Crippen LogP) is 1.95. The molecule has 2 fully saturated rings. The molecule has 110 valence electrons. The Morgan fingerprint density at radius 1 is 1.32 bits per heavy atom. The number of nitrogens with one attached hydrogen (secondary N) is 1. The molecular formula is C15H28N2O2. The molecular weight excluding hydrogens is 240 g/mol. The maximum atomic E-state index is 10.7. The second kappa shape index (κ2) is 7.25. The molecule has 1 heterocycles. The van der Waals surface area contributed by atoms with Crippen molar-refractivity contribution in [2.45, 2.75) is 51.5 Å². The summed E-state index contributed by atoms with van der Waals surface area (Å²) in [6.45, 7) is 6.75. The van der Waals surface area contributed by atoms with Gasteiger partial charge in [-0.05, 0) is 57.0 Å². The van der Waals surface area contributed by atoms with Crippen LogP contribution in [0.25, 0.3) is 0 Å². The first-order valence-electron chi connectivity index (χ1n) is 7.85. The van der Waals surface area contributed by atoms with Gasteiger partial charge in [0.1, 0.15) is 0 Å². The molecule has 0 spiro atoms. The predicted molar refractivity (Wildman–Crippen MR) is 76.2 cm³/mol. The van der Waals surface area contributed by atoms with Gasteiger partial charge in [-0.15, -0.1) is 0 Å². The SMILES string of the molecule is CCCN1CC(CCC(=O)O)CC(NCC2CC2)C1. The fraction of sp³-hybridized carbons (Fsp3) is 0.933. The van der Waals surface area contributed by atoms with Crippen LogP contribution in [-0.2, 0) is 4.79 Å². The van der Waals surface area contributed by atoms with E-state index < -0.39 is 5.97 Å². The summed E-state index contributed by atoms with van der Waals surface area (Å²) in [5.74, 6) is 0.808. The quantitative estimate of drug-likeness (QED) is 0.706. The summed E-state index contributed by atoms with van der Waals surface area (Å²) < 4.78 is 0. The lowest BCUT2D eigenvalue weighted by Gasteiger charge is -2.38. The molecule has 1 saturated heterocycles. The summed E-state index contributed by atoms with van der Waals surface area (Å²) in [5, 5.41) is 12.5. The average molecular weight is 268 g/mol. The van der Waals surface area contributed by atoms with Gasteiger partial charge in [-0.3, -0.25) is 4.79 Å². The molecule has 0 aromatic carbocycles. The minimum Gasteiger partial charge on any atom is -0.481 e. The van der Waals surface area contributed by atoms with Crippen LogP contribution in [-0.4, -0.2) is 48.2 Å². The number of carboxylic acid groups (broad SMARTS) is 1. The first kappa shape index (κ1) is 14.8. The highest BCUT2D eigenvalue weighted by Gasteiger charge is 2.28. The van der Waals surface area contributed by atoms with E-state index in [1.54, 1.807) is 0 Å². The van der Waals surface area contributed by atoms with Gasteiger partial charge in [0.25, 0.3) is 0 Å². The van der Waals surface area contributed by atoms with Gasteiger partial charge in [0.05, 0.1) is 0 Å². The van der Waals surface area contributed by atoms with Crippen molar-refractivity contribution in [1.82, 2.24) is 10.2 Å². The number of aliphatic carboxylic acids is 1. The molecule has 19 heavy (non-hydrogen) atoms. The largest absolute Gasteiger partial charge is 0.481 e. The summed E-state index contributed by atoms with van der Waals surface area (Å²) in [5.41, 5.74) is 0. The monoisotopic (exact) mass is 268 g/mol. The topological polar surface area (TPSA) is 52.6 Å². The van der Waals surface area contributed by atoms with Crippen molar-refractivity contribution in [2.24, 2.45) is 11.8 Å². The molecule has 4 heteroatoms. The zero-order valence-corrected chi connectivity index (χ0v) is 12.1. The normalized spacial score (nSPS) is 28.5. The molecule has 2 rings (SSSR count). The van der Waals surface area contributed by atoms with Crippen LogP contribution in [0.3, 0.4) is 0 Å². The maximum Gasteiger partial charge on any atom is 0.303 e. The highest BCUT2D eigenvalue weighted by molar-refractivity contribution is 5.66. The van der Waals surface area contributed by atoms with Gasteiger partial charge in [0.2, 0.25) is 0 Å². The third kappa shape index (κ3) is 5.49. The molecule has 2 atom stereocenters. The van der Waals surface area contributed by atoms with Crippen molar-refractivity contribution in [1.29, 1.82) is 0 Å². The highest BCUT2D eigenvalue weighted by atomic mass is 16.4. The molecule has 0 radical (unpaired) electrons. The minimum absolute atomic E-state index is 0.319. The van der Waals surface area contributed by atoms with Gasteiger partial charge in [0, 0.05) is 25.6 Å². The Bertz CT molecular complexity index is 292. The molecule has 2 N–H and O–H groups in total. The Labute approximate surface area is 116 Å². The van der Waals surface area contributed by atoms with E-state index in [0.29, 0.717) is 18.4 Å². The Hall–Kier alpha value is -0.610. The van der Waals surface area contributed by atoms with E-state index in [1.165, 1.54) is 19.3 Å². The van der Waals surface area contributed by atoms with E-state index in [-0.39, 0.29) is 0 Å². The molecule has 0 aromatic heterocycles. The number of nitrogens with zero attached hydrogens (tertiary/aromatic N) is 1. The van der Waals surface area contributed by atoms with Crippen molar-refractivity contribution >= 4 is 5.97 Å². The Morgan fingerprint density at radius 3 is 2.74 bits per heavy atom. The van der Waals surface area contributed by atoms with E-state index in [9.17, 15) is 4.79 Å². The molecule has 4 nitrogen and oxygen atoms in total. The lowest BCUT2D eigenvalue weighted by molar-refractivity contribution is -0.137. The molecule has 1 saturated carbocycles. The van der Waals surface area contributed by atoms with Gasteiger partial charge >= 0.3 is 5.97 Å². The first-order valence-corrected chi connectivity index (χ1v) is 7.85. The summed E-state index contributed by atoms with van der Waals surface area (Å²) in [4.78, 5) is 13.2. The summed E-state index contributed by atoms with van der Waals surface area (Å²) in [6.07, 6.45) is 6.26.